The lowest BCUT2D eigenvalue weighted by Crippen LogP contribution is -2.34. The van der Waals surface area contributed by atoms with Crippen molar-refractivity contribution in [2.45, 2.75) is 26.7 Å². The fourth-order valence-electron chi connectivity index (χ4n) is 2.05. The van der Waals surface area contributed by atoms with Gasteiger partial charge in [0.25, 0.3) is 5.91 Å². The van der Waals surface area contributed by atoms with Gasteiger partial charge in [-0.3, -0.25) is 4.79 Å². The molecule has 0 aromatic heterocycles. The molecule has 0 aliphatic heterocycles. The molecule has 21 heavy (non-hydrogen) atoms. The molecule has 118 valence electrons. The highest BCUT2D eigenvalue weighted by Gasteiger charge is 2.20. The van der Waals surface area contributed by atoms with Crippen LogP contribution in [-0.4, -0.2) is 38.4 Å². The van der Waals surface area contributed by atoms with E-state index in [1.807, 2.05) is 0 Å². The van der Waals surface area contributed by atoms with Crippen LogP contribution in [0.1, 0.15) is 37.0 Å². The predicted molar refractivity (Wildman–Crippen MR) is 82.0 cm³/mol. The third-order valence-corrected chi connectivity index (χ3v) is 3.39. The van der Waals surface area contributed by atoms with Crippen LogP contribution < -0.4 is 14.8 Å². The second-order valence-electron chi connectivity index (χ2n) is 5.74. The topological polar surface area (TPSA) is 67.8 Å². The Morgan fingerprint density at radius 1 is 1.29 bits per heavy atom. The zero-order chi connectivity index (χ0) is 15.9. The highest BCUT2D eigenvalue weighted by atomic mass is 16.5. The van der Waals surface area contributed by atoms with E-state index in [-0.39, 0.29) is 17.9 Å². The van der Waals surface area contributed by atoms with Crippen LogP contribution in [0.3, 0.4) is 0 Å². The first-order valence-electron chi connectivity index (χ1n) is 7.04. The van der Waals surface area contributed by atoms with Crippen molar-refractivity contribution in [2.24, 2.45) is 5.41 Å². The van der Waals surface area contributed by atoms with Gasteiger partial charge in [-0.25, -0.2) is 0 Å². The van der Waals surface area contributed by atoms with Crippen LogP contribution in [0.25, 0.3) is 0 Å². The maximum atomic E-state index is 12.3. The van der Waals surface area contributed by atoms with Crippen molar-refractivity contribution in [1.29, 1.82) is 0 Å². The first-order chi connectivity index (χ1) is 9.93. The fraction of sp³-hybridized carbons (Fsp3) is 0.562. The Morgan fingerprint density at radius 3 is 2.57 bits per heavy atom. The molecule has 1 amide bonds. The highest BCUT2D eigenvalue weighted by molar-refractivity contribution is 5.97. The van der Waals surface area contributed by atoms with E-state index in [1.165, 1.54) is 7.11 Å². The van der Waals surface area contributed by atoms with Crippen molar-refractivity contribution < 1.29 is 19.4 Å². The Morgan fingerprint density at radius 2 is 2.00 bits per heavy atom. The third-order valence-electron chi connectivity index (χ3n) is 3.39. The molecule has 5 nitrogen and oxygen atoms in total. The van der Waals surface area contributed by atoms with Crippen LogP contribution in [0, 0.1) is 5.41 Å². The summed E-state index contributed by atoms with van der Waals surface area (Å²) >= 11 is 0. The van der Waals surface area contributed by atoms with Crippen LogP contribution in [0.5, 0.6) is 11.5 Å². The number of methoxy groups -OCH3 is 2. The molecule has 5 heteroatoms. The molecule has 0 atom stereocenters. The summed E-state index contributed by atoms with van der Waals surface area (Å²) in [5.74, 6) is 0.935. The van der Waals surface area contributed by atoms with Crippen molar-refractivity contribution in [3.05, 3.63) is 23.8 Å². The smallest absolute Gasteiger partial charge is 0.255 e. The third kappa shape index (κ3) is 5.27. The molecule has 0 saturated carbocycles. The summed E-state index contributed by atoms with van der Waals surface area (Å²) in [5, 5.41) is 11.8. The number of carbonyl (C=O) groups excluding carboxylic acids is 1. The summed E-state index contributed by atoms with van der Waals surface area (Å²) in [7, 11) is 3.09. The Hall–Kier alpha value is -1.75. The summed E-state index contributed by atoms with van der Waals surface area (Å²) in [6.07, 6.45) is 1.57. The quantitative estimate of drug-likeness (QED) is 0.772. The van der Waals surface area contributed by atoms with Gasteiger partial charge >= 0.3 is 0 Å². The first-order valence-corrected chi connectivity index (χ1v) is 7.04. The zero-order valence-corrected chi connectivity index (χ0v) is 13.2. The van der Waals surface area contributed by atoms with Gasteiger partial charge < -0.3 is 19.9 Å². The molecule has 0 unspecified atom stereocenters. The first kappa shape index (κ1) is 17.3. The number of carbonyl (C=O) groups is 1. The van der Waals surface area contributed by atoms with Crippen molar-refractivity contribution >= 4 is 5.91 Å². The van der Waals surface area contributed by atoms with E-state index in [0.29, 0.717) is 23.6 Å². The van der Waals surface area contributed by atoms with Gasteiger partial charge in [-0.05, 0) is 36.5 Å². The highest BCUT2D eigenvalue weighted by Crippen LogP contribution is 2.25. The van der Waals surface area contributed by atoms with Gasteiger partial charge in [0.15, 0.2) is 0 Å². The van der Waals surface area contributed by atoms with Crippen molar-refractivity contribution in [3.8, 4) is 11.5 Å². The SMILES string of the molecule is COc1ccc(OC)c(C(=O)NCC(C)(C)CCCO)c1. The number of hydrogen-bond donors (Lipinski definition) is 2. The molecular weight excluding hydrogens is 270 g/mol. The maximum Gasteiger partial charge on any atom is 0.255 e. The van der Waals surface area contributed by atoms with E-state index >= 15 is 0 Å². The largest absolute Gasteiger partial charge is 0.497 e. The number of nitrogens with one attached hydrogen (secondary N) is 1. The monoisotopic (exact) mass is 295 g/mol. The molecule has 0 aliphatic carbocycles. The van der Waals surface area contributed by atoms with Gasteiger partial charge in [-0.2, -0.15) is 0 Å². The molecular formula is C16H25NO4. The van der Waals surface area contributed by atoms with Crippen molar-refractivity contribution in [3.63, 3.8) is 0 Å². The number of aliphatic hydroxyl groups excluding tert-OH is 1. The second kappa shape index (κ2) is 7.88. The molecule has 0 aliphatic rings. The molecule has 0 radical (unpaired) electrons. The molecule has 0 spiro atoms. The minimum atomic E-state index is -0.192. The molecule has 1 aromatic carbocycles. The number of rotatable bonds is 8. The van der Waals surface area contributed by atoms with Crippen LogP contribution in [0.4, 0.5) is 0 Å². The number of ether oxygens (including phenoxy) is 2. The molecule has 0 saturated heterocycles. The lowest BCUT2D eigenvalue weighted by molar-refractivity contribution is 0.0929. The lowest BCUT2D eigenvalue weighted by atomic mass is 9.88. The lowest BCUT2D eigenvalue weighted by Gasteiger charge is -2.24. The zero-order valence-electron chi connectivity index (χ0n) is 13.2. The summed E-state index contributed by atoms with van der Waals surface area (Å²) < 4.78 is 10.4. The maximum absolute atomic E-state index is 12.3. The molecule has 0 fully saturated rings. The van der Waals surface area contributed by atoms with E-state index < -0.39 is 0 Å². The van der Waals surface area contributed by atoms with E-state index in [9.17, 15) is 4.79 Å². The van der Waals surface area contributed by atoms with E-state index in [0.717, 1.165) is 12.8 Å². The summed E-state index contributed by atoms with van der Waals surface area (Å²) in [6.45, 7) is 4.82. The normalized spacial score (nSPS) is 11.1. The van der Waals surface area contributed by atoms with Crippen molar-refractivity contribution in [1.82, 2.24) is 5.32 Å². The second-order valence-corrected chi connectivity index (χ2v) is 5.74. The number of hydrogen-bond acceptors (Lipinski definition) is 4. The Bertz CT molecular complexity index is 471. The predicted octanol–water partition coefficient (Wildman–Crippen LogP) is 2.23. The molecule has 1 rings (SSSR count). The molecule has 0 bridgehead atoms. The number of benzene rings is 1. The van der Waals surface area contributed by atoms with Gasteiger partial charge in [0.1, 0.15) is 11.5 Å². The summed E-state index contributed by atoms with van der Waals surface area (Å²) in [5.41, 5.74) is 0.389. The fourth-order valence-corrected chi connectivity index (χ4v) is 2.05. The number of aliphatic hydroxyl groups is 1. The number of amides is 1. The van der Waals surface area contributed by atoms with Crippen LogP contribution >= 0.6 is 0 Å². The standard InChI is InChI=1S/C16H25NO4/c1-16(2,8-5-9-18)11-17-15(19)13-10-12(20-3)6-7-14(13)21-4/h6-7,10,18H,5,8-9,11H2,1-4H3,(H,17,19). The molecule has 0 heterocycles. The van der Waals surface area contributed by atoms with Crippen molar-refractivity contribution in [2.75, 3.05) is 27.4 Å². The van der Waals surface area contributed by atoms with Gasteiger partial charge in [0.2, 0.25) is 0 Å². The van der Waals surface area contributed by atoms with E-state index in [4.69, 9.17) is 14.6 Å². The van der Waals surface area contributed by atoms with Gasteiger partial charge in [0.05, 0.1) is 19.8 Å². The average Bonchev–Trinajstić information content (AvgIpc) is 2.50. The Kier molecular flexibility index (Phi) is 6.49. The van der Waals surface area contributed by atoms with Crippen LogP contribution in [-0.2, 0) is 0 Å². The van der Waals surface area contributed by atoms with Gasteiger partial charge in [0, 0.05) is 13.2 Å². The minimum Gasteiger partial charge on any atom is -0.497 e. The Balaban J connectivity index is 2.75. The minimum absolute atomic E-state index is 0.0650. The average molecular weight is 295 g/mol. The van der Waals surface area contributed by atoms with E-state index in [1.54, 1.807) is 25.3 Å². The Labute approximate surface area is 126 Å². The summed E-state index contributed by atoms with van der Waals surface area (Å²) in [6, 6.07) is 5.13. The van der Waals surface area contributed by atoms with Gasteiger partial charge in [-0.1, -0.05) is 13.8 Å². The van der Waals surface area contributed by atoms with Crippen LogP contribution in [0.15, 0.2) is 18.2 Å². The van der Waals surface area contributed by atoms with Gasteiger partial charge in [-0.15, -0.1) is 0 Å². The molecule has 1 aromatic rings. The van der Waals surface area contributed by atoms with E-state index in [2.05, 4.69) is 19.2 Å². The molecule has 2 N–H and O–H groups in total. The van der Waals surface area contributed by atoms with Crippen LogP contribution in [0.2, 0.25) is 0 Å². The summed E-state index contributed by atoms with van der Waals surface area (Å²) in [4.78, 5) is 12.3.